The molecule has 1 rings (SSSR count). The van der Waals surface area contributed by atoms with E-state index in [9.17, 15) is 9.00 Å². The minimum atomic E-state index is -0.991. The molecule has 0 fully saturated rings. The summed E-state index contributed by atoms with van der Waals surface area (Å²) in [6, 6.07) is 1.72. The van der Waals surface area contributed by atoms with Gasteiger partial charge in [-0.05, 0) is 19.4 Å². The van der Waals surface area contributed by atoms with Gasteiger partial charge in [-0.1, -0.05) is 0 Å². The maximum atomic E-state index is 10.9. The number of furan rings is 1. The van der Waals surface area contributed by atoms with Crippen LogP contribution in [0.3, 0.4) is 0 Å². The van der Waals surface area contributed by atoms with Gasteiger partial charge in [-0.3, -0.25) is 4.21 Å². The summed E-state index contributed by atoms with van der Waals surface area (Å²) in [4.78, 5) is 10.6. The Labute approximate surface area is 103 Å². The van der Waals surface area contributed by atoms with Crippen LogP contribution in [0.2, 0.25) is 0 Å². The van der Waals surface area contributed by atoms with E-state index >= 15 is 0 Å². The van der Waals surface area contributed by atoms with Crippen molar-refractivity contribution in [3.63, 3.8) is 0 Å². The summed E-state index contributed by atoms with van der Waals surface area (Å²) in [6.07, 6.45) is 3.72. The lowest BCUT2D eigenvalue weighted by atomic mass is 10.2. The smallest absolute Gasteiger partial charge is 0.338 e. The third kappa shape index (κ3) is 5.14. The Kier molecular flexibility index (Phi) is 5.37. The molecular weight excluding hydrogens is 242 g/mol. The van der Waals surface area contributed by atoms with Crippen LogP contribution in [0.5, 0.6) is 0 Å². The van der Waals surface area contributed by atoms with Crippen LogP contribution in [0, 0.1) is 0 Å². The highest BCUT2D eigenvalue weighted by atomic mass is 32.2. The number of rotatable bonds is 7. The fraction of sp³-hybridized carbons (Fsp3) is 0.545. The van der Waals surface area contributed by atoms with Gasteiger partial charge in [-0.15, -0.1) is 0 Å². The Hall–Kier alpha value is -1.14. The fourth-order valence-electron chi connectivity index (χ4n) is 1.31. The highest BCUT2D eigenvalue weighted by Gasteiger charge is 2.09. The van der Waals surface area contributed by atoms with Crippen LogP contribution >= 0.6 is 0 Å². The molecular formula is C11H17NO4S. The first kappa shape index (κ1) is 13.9. The highest BCUT2D eigenvalue weighted by molar-refractivity contribution is 7.84. The molecule has 2 N–H and O–H groups in total. The molecule has 0 bridgehead atoms. The van der Waals surface area contributed by atoms with Crippen LogP contribution in [0.15, 0.2) is 16.7 Å². The zero-order valence-corrected chi connectivity index (χ0v) is 10.8. The van der Waals surface area contributed by atoms with Crippen LogP contribution in [0.25, 0.3) is 0 Å². The Morgan fingerprint density at radius 1 is 1.65 bits per heavy atom. The summed E-state index contributed by atoms with van der Waals surface area (Å²) < 4.78 is 16.0. The number of carboxylic acid groups (broad SMARTS) is 1. The molecule has 0 aromatic carbocycles. The first-order valence-electron chi connectivity index (χ1n) is 5.33. The van der Waals surface area contributed by atoms with Gasteiger partial charge < -0.3 is 14.8 Å². The van der Waals surface area contributed by atoms with Crippen molar-refractivity contribution in [2.45, 2.75) is 25.9 Å². The molecule has 96 valence electrons. The normalized spacial score (nSPS) is 14.5. The second-order valence-electron chi connectivity index (χ2n) is 3.95. The topological polar surface area (TPSA) is 79.5 Å². The Morgan fingerprint density at radius 3 is 2.88 bits per heavy atom. The average molecular weight is 259 g/mol. The molecule has 6 heteroatoms. The lowest BCUT2D eigenvalue weighted by Gasteiger charge is -2.11. The monoisotopic (exact) mass is 259 g/mol. The predicted octanol–water partition coefficient (Wildman–Crippen LogP) is 1.22. The minimum Gasteiger partial charge on any atom is -0.478 e. The summed E-state index contributed by atoms with van der Waals surface area (Å²) in [5.74, 6) is 0.258. The van der Waals surface area contributed by atoms with Crippen LogP contribution < -0.4 is 5.32 Å². The van der Waals surface area contributed by atoms with Crippen molar-refractivity contribution in [1.29, 1.82) is 0 Å². The van der Waals surface area contributed by atoms with Crippen LogP contribution in [-0.4, -0.2) is 33.3 Å². The molecule has 1 aromatic heterocycles. The number of aromatic carboxylic acids is 1. The fourth-order valence-corrected chi connectivity index (χ4v) is 1.99. The van der Waals surface area contributed by atoms with E-state index in [1.54, 1.807) is 6.26 Å². The second-order valence-corrected chi connectivity index (χ2v) is 5.51. The molecule has 2 atom stereocenters. The maximum absolute atomic E-state index is 10.9. The summed E-state index contributed by atoms with van der Waals surface area (Å²) in [5, 5.41) is 11.9. The van der Waals surface area contributed by atoms with Gasteiger partial charge >= 0.3 is 5.97 Å². The first-order chi connectivity index (χ1) is 7.99. The third-order valence-corrected chi connectivity index (χ3v) is 3.17. The van der Waals surface area contributed by atoms with Crippen molar-refractivity contribution < 1.29 is 18.5 Å². The van der Waals surface area contributed by atoms with Gasteiger partial charge in [-0.2, -0.15) is 0 Å². The van der Waals surface area contributed by atoms with E-state index in [4.69, 9.17) is 9.52 Å². The lowest BCUT2D eigenvalue weighted by Crippen LogP contribution is -2.26. The molecule has 0 aliphatic rings. The van der Waals surface area contributed by atoms with Gasteiger partial charge in [0.25, 0.3) is 0 Å². The molecule has 0 saturated carbocycles. The number of hydrogen-bond acceptors (Lipinski definition) is 4. The number of nitrogens with one attached hydrogen (secondary N) is 1. The standard InChI is InChI=1S/C11H17NO4S/c1-8(3-4-17(2)15)12-6-10-5-9(7-16-10)11(13)14/h5,7-8,12H,3-4,6H2,1-2H3,(H,13,14). The van der Waals surface area contributed by atoms with Crippen molar-refractivity contribution in [2.75, 3.05) is 12.0 Å². The summed E-state index contributed by atoms with van der Waals surface area (Å²) in [5.41, 5.74) is 0.157. The Morgan fingerprint density at radius 2 is 2.35 bits per heavy atom. The van der Waals surface area contributed by atoms with E-state index in [0.717, 1.165) is 6.42 Å². The molecule has 0 amide bonds. The van der Waals surface area contributed by atoms with Crippen molar-refractivity contribution in [2.24, 2.45) is 0 Å². The molecule has 0 aliphatic heterocycles. The zero-order chi connectivity index (χ0) is 12.8. The SMILES string of the molecule is CC(CCS(C)=O)NCc1cc(C(=O)O)co1. The number of carboxylic acids is 1. The maximum Gasteiger partial charge on any atom is 0.338 e. The Balaban J connectivity index is 2.34. The second kappa shape index (κ2) is 6.56. The number of carbonyl (C=O) groups is 1. The molecule has 0 spiro atoms. The van der Waals surface area contributed by atoms with E-state index in [0.29, 0.717) is 18.1 Å². The van der Waals surface area contributed by atoms with Crippen molar-refractivity contribution in [3.8, 4) is 0 Å². The quantitative estimate of drug-likeness (QED) is 0.769. The van der Waals surface area contributed by atoms with Crippen LogP contribution in [0.1, 0.15) is 29.5 Å². The van der Waals surface area contributed by atoms with Crippen molar-refractivity contribution in [1.82, 2.24) is 5.32 Å². The summed E-state index contributed by atoms with van der Waals surface area (Å²) in [6.45, 7) is 2.47. The van der Waals surface area contributed by atoms with Crippen LogP contribution in [-0.2, 0) is 17.3 Å². The van der Waals surface area contributed by atoms with Crippen LogP contribution in [0.4, 0.5) is 0 Å². The molecule has 2 unspecified atom stereocenters. The van der Waals surface area contributed by atoms with Gasteiger partial charge in [0.15, 0.2) is 0 Å². The zero-order valence-electron chi connectivity index (χ0n) is 9.93. The van der Waals surface area contributed by atoms with Gasteiger partial charge in [0.05, 0.1) is 12.1 Å². The molecule has 5 nitrogen and oxygen atoms in total. The predicted molar refractivity (Wildman–Crippen MR) is 65.5 cm³/mol. The van der Waals surface area contributed by atoms with E-state index < -0.39 is 16.8 Å². The van der Waals surface area contributed by atoms with E-state index in [2.05, 4.69) is 5.32 Å². The highest BCUT2D eigenvalue weighted by Crippen LogP contribution is 2.08. The summed E-state index contributed by atoms with van der Waals surface area (Å²) >= 11 is 0. The van der Waals surface area contributed by atoms with Gasteiger partial charge in [0.2, 0.25) is 0 Å². The van der Waals surface area contributed by atoms with Gasteiger partial charge in [0.1, 0.15) is 12.0 Å². The van der Waals surface area contributed by atoms with E-state index in [1.807, 2.05) is 6.92 Å². The minimum absolute atomic E-state index is 0.157. The molecule has 0 saturated heterocycles. The average Bonchev–Trinajstić information content (AvgIpc) is 2.72. The molecule has 1 aromatic rings. The first-order valence-corrected chi connectivity index (χ1v) is 7.06. The lowest BCUT2D eigenvalue weighted by molar-refractivity contribution is 0.0696. The summed E-state index contributed by atoms with van der Waals surface area (Å²) in [7, 11) is -0.777. The van der Waals surface area contributed by atoms with Gasteiger partial charge in [-0.25, -0.2) is 4.79 Å². The third-order valence-electron chi connectivity index (χ3n) is 2.36. The Bertz CT molecular complexity index is 402. The number of hydrogen-bond donors (Lipinski definition) is 2. The largest absolute Gasteiger partial charge is 0.478 e. The van der Waals surface area contributed by atoms with Crippen molar-refractivity contribution >= 4 is 16.8 Å². The molecule has 1 heterocycles. The molecule has 0 radical (unpaired) electrons. The van der Waals surface area contributed by atoms with Gasteiger partial charge in [0, 0.05) is 28.9 Å². The molecule has 17 heavy (non-hydrogen) atoms. The van der Waals surface area contributed by atoms with E-state index in [1.165, 1.54) is 12.3 Å². The van der Waals surface area contributed by atoms with Crippen molar-refractivity contribution in [3.05, 3.63) is 23.7 Å². The molecule has 0 aliphatic carbocycles. The van der Waals surface area contributed by atoms with E-state index in [-0.39, 0.29) is 11.6 Å².